The van der Waals surface area contributed by atoms with Crippen LogP contribution >= 0.6 is 0 Å². The molecule has 3 nitrogen and oxygen atoms in total. The number of hydrogen-bond donors (Lipinski definition) is 0. The van der Waals surface area contributed by atoms with E-state index in [-0.39, 0.29) is 11.7 Å². The first-order valence-electron chi connectivity index (χ1n) is 7.84. The second-order valence-electron chi connectivity index (χ2n) is 6.54. The Morgan fingerprint density at radius 2 is 1.76 bits per heavy atom. The molecule has 0 radical (unpaired) electrons. The number of likely N-dealkylation sites (tertiary alicyclic amines) is 1. The topological polar surface area (TPSA) is 23.6 Å². The number of carbonyl (C=O) groups excluding carboxylic acids is 1. The Bertz CT molecular complexity index is 500. The van der Waals surface area contributed by atoms with Crippen LogP contribution in [0.1, 0.15) is 32.3 Å². The standard InChI is InChI=1S/C17H23FN2O/c1-12(2)19-10-15-7-8-16(11-19)20(15)17(21)9-13-3-5-14(18)6-4-13/h3-6,12,15-16H,7-11H2,1-2H3. The van der Waals surface area contributed by atoms with Crippen molar-refractivity contribution >= 4 is 5.91 Å². The molecule has 2 atom stereocenters. The maximum atomic E-state index is 12.9. The Balaban J connectivity index is 1.67. The van der Waals surface area contributed by atoms with Gasteiger partial charge in [-0.25, -0.2) is 4.39 Å². The van der Waals surface area contributed by atoms with E-state index in [1.54, 1.807) is 12.1 Å². The molecule has 2 unspecified atom stereocenters. The minimum Gasteiger partial charge on any atom is -0.334 e. The fourth-order valence-electron chi connectivity index (χ4n) is 3.63. The molecule has 2 fully saturated rings. The zero-order valence-corrected chi connectivity index (χ0v) is 12.8. The summed E-state index contributed by atoms with van der Waals surface area (Å²) in [5, 5.41) is 0. The maximum absolute atomic E-state index is 12.9. The Morgan fingerprint density at radius 3 is 2.29 bits per heavy atom. The van der Waals surface area contributed by atoms with Crippen LogP contribution in [0.4, 0.5) is 4.39 Å². The average Bonchev–Trinajstić information content (AvgIpc) is 2.71. The first-order chi connectivity index (χ1) is 10.0. The van der Waals surface area contributed by atoms with Crippen LogP contribution < -0.4 is 0 Å². The van der Waals surface area contributed by atoms with Crippen molar-refractivity contribution in [3.05, 3.63) is 35.6 Å². The normalized spacial score (nSPS) is 25.6. The SMILES string of the molecule is CC(C)N1CC2CCC(C1)N2C(=O)Cc1ccc(F)cc1. The van der Waals surface area contributed by atoms with Gasteiger partial charge in [0.15, 0.2) is 0 Å². The summed E-state index contributed by atoms with van der Waals surface area (Å²) in [4.78, 5) is 17.2. The summed E-state index contributed by atoms with van der Waals surface area (Å²) in [6.45, 7) is 6.41. The molecule has 2 aliphatic heterocycles. The van der Waals surface area contributed by atoms with Gasteiger partial charge in [0, 0.05) is 31.2 Å². The summed E-state index contributed by atoms with van der Waals surface area (Å²) in [5.74, 6) is -0.0608. The van der Waals surface area contributed by atoms with Crippen molar-refractivity contribution in [3.8, 4) is 0 Å². The van der Waals surface area contributed by atoms with Crippen molar-refractivity contribution in [2.24, 2.45) is 0 Å². The summed E-state index contributed by atoms with van der Waals surface area (Å²) in [6, 6.07) is 7.53. The van der Waals surface area contributed by atoms with Crippen LogP contribution in [0, 0.1) is 5.82 Å². The van der Waals surface area contributed by atoms with Gasteiger partial charge in [-0.1, -0.05) is 12.1 Å². The lowest BCUT2D eigenvalue weighted by atomic mass is 10.1. The molecule has 4 heteroatoms. The van der Waals surface area contributed by atoms with Crippen LogP contribution in [0.2, 0.25) is 0 Å². The summed E-state index contributed by atoms with van der Waals surface area (Å²) < 4.78 is 12.9. The number of amides is 1. The van der Waals surface area contributed by atoms with Gasteiger partial charge in [-0.15, -0.1) is 0 Å². The molecule has 0 saturated carbocycles. The summed E-state index contributed by atoms with van der Waals surface area (Å²) in [7, 11) is 0. The van der Waals surface area contributed by atoms with Crippen LogP contribution in [-0.4, -0.2) is 46.9 Å². The smallest absolute Gasteiger partial charge is 0.227 e. The molecule has 1 aromatic carbocycles. The van der Waals surface area contributed by atoms with Crippen LogP contribution in [0.3, 0.4) is 0 Å². The number of hydrogen-bond acceptors (Lipinski definition) is 2. The molecule has 0 aromatic heterocycles. The fraction of sp³-hybridized carbons (Fsp3) is 0.588. The van der Waals surface area contributed by atoms with E-state index in [0.29, 0.717) is 24.5 Å². The summed E-state index contributed by atoms with van der Waals surface area (Å²) in [6.07, 6.45) is 2.61. The van der Waals surface area contributed by atoms with E-state index < -0.39 is 0 Å². The number of piperazine rings is 1. The maximum Gasteiger partial charge on any atom is 0.227 e. The lowest BCUT2D eigenvalue weighted by Gasteiger charge is -2.43. The highest BCUT2D eigenvalue weighted by Crippen LogP contribution is 2.31. The third-order valence-electron chi connectivity index (χ3n) is 4.80. The highest BCUT2D eigenvalue weighted by molar-refractivity contribution is 5.80. The Hall–Kier alpha value is -1.42. The Kier molecular flexibility index (Phi) is 3.98. The summed E-state index contributed by atoms with van der Waals surface area (Å²) in [5.41, 5.74) is 0.895. The lowest BCUT2D eigenvalue weighted by Crippen LogP contribution is -2.57. The first kappa shape index (κ1) is 14.5. The number of carbonyl (C=O) groups is 1. The molecule has 3 rings (SSSR count). The van der Waals surface area contributed by atoms with E-state index >= 15 is 0 Å². The van der Waals surface area contributed by atoms with Gasteiger partial charge >= 0.3 is 0 Å². The number of halogens is 1. The molecule has 2 heterocycles. The molecule has 114 valence electrons. The van der Waals surface area contributed by atoms with Gasteiger partial charge in [0.25, 0.3) is 0 Å². The van der Waals surface area contributed by atoms with Crippen LogP contribution in [0.25, 0.3) is 0 Å². The van der Waals surface area contributed by atoms with Crippen molar-refractivity contribution in [2.45, 2.75) is 51.2 Å². The molecular formula is C17H23FN2O. The van der Waals surface area contributed by atoms with Gasteiger partial charge < -0.3 is 4.90 Å². The minimum atomic E-state index is -0.253. The molecule has 1 amide bonds. The van der Waals surface area contributed by atoms with Gasteiger partial charge in [0.05, 0.1) is 6.42 Å². The molecule has 1 aromatic rings. The van der Waals surface area contributed by atoms with Gasteiger partial charge in [-0.05, 0) is 44.4 Å². The highest BCUT2D eigenvalue weighted by Gasteiger charge is 2.42. The number of nitrogens with zero attached hydrogens (tertiary/aromatic N) is 2. The zero-order chi connectivity index (χ0) is 15.0. The lowest BCUT2D eigenvalue weighted by molar-refractivity contribution is -0.136. The second-order valence-corrected chi connectivity index (χ2v) is 6.54. The van der Waals surface area contributed by atoms with E-state index in [9.17, 15) is 9.18 Å². The van der Waals surface area contributed by atoms with Crippen molar-refractivity contribution in [2.75, 3.05) is 13.1 Å². The first-order valence-corrected chi connectivity index (χ1v) is 7.84. The molecule has 0 spiro atoms. The van der Waals surface area contributed by atoms with Crippen LogP contribution in [0.15, 0.2) is 24.3 Å². The van der Waals surface area contributed by atoms with Crippen molar-refractivity contribution in [1.82, 2.24) is 9.80 Å². The quantitative estimate of drug-likeness (QED) is 0.854. The molecule has 2 saturated heterocycles. The third kappa shape index (κ3) is 2.95. The number of rotatable bonds is 3. The van der Waals surface area contributed by atoms with E-state index in [1.165, 1.54) is 12.1 Å². The summed E-state index contributed by atoms with van der Waals surface area (Å²) >= 11 is 0. The number of fused-ring (bicyclic) bond motifs is 2. The Labute approximate surface area is 125 Å². The minimum absolute atomic E-state index is 0.192. The fourth-order valence-corrected chi connectivity index (χ4v) is 3.63. The predicted octanol–water partition coefficient (Wildman–Crippen LogP) is 2.45. The van der Waals surface area contributed by atoms with E-state index in [4.69, 9.17) is 0 Å². The monoisotopic (exact) mass is 290 g/mol. The molecule has 0 N–H and O–H groups in total. The van der Waals surface area contributed by atoms with Crippen LogP contribution in [0.5, 0.6) is 0 Å². The Morgan fingerprint density at radius 1 is 1.19 bits per heavy atom. The van der Waals surface area contributed by atoms with Gasteiger partial charge in [0.1, 0.15) is 5.82 Å². The van der Waals surface area contributed by atoms with E-state index in [0.717, 1.165) is 31.5 Å². The molecule has 2 aliphatic rings. The molecule has 21 heavy (non-hydrogen) atoms. The molecule has 2 bridgehead atoms. The molecular weight excluding hydrogens is 267 g/mol. The van der Waals surface area contributed by atoms with Crippen LogP contribution in [-0.2, 0) is 11.2 Å². The average molecular weight is 290 g/mol. The van der Waals surface area contributed by atoms with Crippen molar-refractivity contribution in [3.63, 3.8) is 0 Å². The van der Waals surface area contributed by atoms with E-state index in [1.807, 2.05) is 0 Å². The predicted molar refractivity (Wildman–Crippen MR) is 80.5 cm³/mol. The van der Waals surface area contributed by atoms with Crippen molar-refractivity contribution < 1.29 is 9.18 Å². The van der Waals surface area contributed by atoms with E-state index in [2.05, 4.69) is 23.6 Å². The highest BCUT2D eigenvalue weighted by atomic mass is 19.1. The zero-order valence-electron chi connectivity index (χ0n) is 12.8. The van der Waals surface area contributed by atoms with Gasteiger partial charge in [-0.3, -0.25) is 9.69 Å². The van der Waals surface area contributed by atoms with Gasteiger partial charge in [-0.2, -0.15) is 0 Å². The third-order valence-corrected chi connectivity index (χ3v) is 4.80. The second kappa shape index (κ2) is 5.76. The van der Waals surface area contributed by atoms with Gasteiger partial charge in [0.2, 0.25) is 5.91 Å². The molecule has 0 aliphatic carbocycles. The largest absolute Gasteiger partial charge is 0.334 e. The number of benzene rings is 1. The van der Waals surface area contributed by atoms with Crippen molar-refractivity contribution in [1.29, 1.82) is 0 Å².